The summed E-state index contributed by atoms with van der Waals surface area (Å²) in [6.45, 7) is 14.0. The van der Waals surface area contributed by atoms with Gasteiger partial charge in [0.05, 0.1) is 0 Å². The summed E-state index contributed by atoms with van der Waals surface area (Å²) in [6.07, 6.45) is 28.2. The molecule has 0 bridgehead atoms. The van der Waals surface area contributed by atoms with Gasteiger partial charge >= 0.3 is 0 Å². The van der Waals surface area contributed by atoms with Crippen LogP contribution in [-0.4, -0.2) is 0 Å². The van der Waals surface area contributed by atoms with Crippen LogP contribution in [0.15, 0.2) is 54.6 Å². The van der Waals surface area contributed by atoms with Crippen molar-refractivity contribution >= 4 is 23.8 Å². The third-order valence-corrected chi connectivity index (χ3v) is 12.9. The lowest BCUT2D eigenvalue weighted by atomic mass is 10.0. The standard InChI is InChI=1S/C45H69P/c1-7-10-13-16-19-22-25-40-28-31-43(37(4)34-40)46(44-32-29-41(35-38(44)5)26-23-20-17-14-11-8-2)45-33-30-42(36-39(45)6)27-24-21-18-15-12-9-3/h28-36H,7-27H2,1-6H3. The molecule has 3 aromatic carbocycles. The first-order valence-corrected chi connectivity index (χ1v) is 20.9. The SMILES string of the molecule is CCCCCCCCc1ccc(P(c2ccc(CCCCCCCC)cc2C)c2ccc(CCCCCCCC)cc2C)c(C)c1. The number of benzene rings is 3. The summed E-state index contributed by atoms with van der Waals surface area (Å²) >= 11 is 0. The zero-order valence-corrected chi connectivity index (χ0v) is 31.9. The Kier molecular flexibility index (Phi) is 19.0. The molecule has 0 amide bonds. The van der Waals surface area contributed by atoms with Gasteiger partial charge in [-0.15, -0.1) is 0 Å². The van der Waals surface area contributed by atoms with Crippen molar-refractivity contribution in [3.8, 4) is 0 Å². The highest BCUT2D eigenvalue weighted by atomic mass is 31.1. The van der Waals surface area contributed by atoms with Crippen LogP contribution >= 0.6 is 7.92 Å². The molecule has 3 rings (SSSR count). The average Bonchev–Trinajstić information content (AvgIpc) is 3.05. The van der Waals surface area contributed by atoms with Gasteiger partial charge in [0.1, 0.15) is 0 Å². The molecular formula is C45H69P. The number of hydrogen-bond donors (Lipinski definition) is 0. The van der Waals surface area contributed by atoms with E-state index in [-0.39, 0.29) is 0 Å². The van der Waals surface area contributed by atoms with Crippen molar-refractivity contribution in [3.63, 3.8) is 0 Å². The van der Waals surface area contributed by atoms with Crippen molar-refractivity contribution in [1.29, 1.82) is 0 Å². The predicted molar refractivity (Wildman–Crippen MR) is 211 cm³/mol. The Bertz CT molecular complexity index is 1100. The second-order valence-corrected chi connectivity index (χ2v) is 16.4. The molecular weight excluding hydrogens is 571 g/mol. The molecule has 0 atom stereocenters. The molecule has 0 saturated heterocycles. The smallest absolute Gasteiger partial charge is 0.0122 e. The molecule has 0 aromatic heterocycles. The molecule has 0 spiro atoms. The fourth-order valence-corrected chi connectivity index (χ4v) is 9.79. The second-order valence-electron chi connectivity index (χ2n) is 14.3. The van der Waals surface area contributed by atoms with Crippen molar-refractivity contribution in [3.05, 3.63) is 88.0 Å². The highest BCUT2D eigenvalue weighted by molar-refractivity contribution is 7.80. The summed E-state index contributed by atoms with van der Waals surface area (Å²) in [5.74, 6) is 0. The molecule has 0 N–H and O–H groups in total. The minimum Gasteiger partial charge on any atom is -0.0654 e. The molecule has 254 valence electrons. The molecule has 0 nitrogen and oxygen atoms in total. The molecule has 0 aliphatic carbocycles. The molecule has 0 aliphatic heterocycles. The van der Waals surface area contributed by atoms with Crippen LogP contribution in [0.3, 0.4) is 0 Å². The Balaban J connectivity index is 1.82. The van der Waals surface area contributed by atoms with E-state index in [9.17, 15) is 0 Å². The van der Waals surface area contributed by atoms with Crippen LogP contribution in [-0.2, 0) is 19.3 Å². The zero-order valence-electron chi connectivity index (χ0n) is 31.0. The minimum absolute atomic E-state index is 0.614. The quantitative estimate of drug-likeness (QED) is 0.0675. The Labute approximate surface area is 287 Å². The van der Waals surface area contributed by atoms with Crippen molar-refractivity contribution in [1.82, 2.24) is 0 Å². The van der Waals surface area contributed by atoms with E-state index in [1.165, 1.54) is 168 Å². The second kappa shape index (κ2) is 22.6. The Hall–Kier alpha value is -1.91. The van der Waals surface area contributed by atoms with Gasteiger partial charge in [-0.05, 0) is 117 Å². The van der Waals surface area contributed by atoms with Crippen LogP contribution in [0.5, 0.6) is 0 Å². The molecule has 0 heterocycles. The van der Waals surface area contributed by atoms with Crippen LogP contribution in [0.25, 0.3) is 0 Å². The topological polar surface area (TPSA) is 0 Å². The highest BCUT2D eigenvalue weighted by Crippen LogP contribution is 2.37. The summed E-state index contributed by atoms with van der Waals surface area (Å²) in [4.78, 5) is 0. The Morgan fingerprint density at radius 1 is 0.348 bits per heavy atom. The van der Waals surface area contributed by atoms with Crippen LogP contribution in [0, 0.1) is 20.8 Å². The maximum atomic E-state index is 2.52. The van der Waals surface area contributed by atoms with Crippen molar-refractivity contribution in [2.45, 2.75) is 176 Å². The van der Waals surface area contributed by atoms with Crippen LogP contribution in [0.1, 0.15) is 170 Å². The average molecular weight is 641 g/mol. The lowest BCUT2D eigenvalue weighted by Crippen LogP contribution is -2.26. The molecule has 0 unspecified atom stereocenters. The van der Waals surface area contributed by atoms with Gasteiger partial charge in [-0.1, -0.05) is 172 Å². The van der Waals surface area contributed by atoms with Crippen LogP contribution in [0.4, 0.5) is 0 Å². The maximum absolute atomic E-state index is 2.52. The first-order valence-electron chi connectivity index (χ1n) is 19.6. The van der Waals surface area contributed by atoms with E-state index in [4.69, 9.17) is 0 Å². The third kappa shape index (κ3) is 13.3. The van der Waals surface area contributed by atoms with E-state index >= 15 is 0 Å². The van der Waals surface area contributed by atoms with Gasteiger partial charge in [0.25, 0.3) is 0 Å². The number of hydrogen-bond acceptors (Lipinski definition) is 0. The Morgan fingerprint density at radius 3 is 0.870 bits per heavy atom. The van der Waals surface area contributed by atoms with Gasteiger partial charge < -0.3 is 0 Å². The normalized spacial score (nSPS) is 11.5. The van der Waals surface area contributed by atoms with E-state index in [0.717, 1.165) is 0 Å². The first kappa shape index (κ1) is 38.5. The monoisotopic (exact) mass is 641 g/mol. The molecule has 0 aliphatic rings. The van der Waals surface area contributed by atoms with Crippen molar-refractivity contribution in [2.75, 3.05) is 0 Å². The molecule has 46 heavy (non-hydrogen) atoms. The molecule has 0 radical (unpaired) electrons. The van der Waals surface area contributed by atoms with Gasteiger partial charge in [0.15, 0.2) is 0 Å². The summed E-state index contributed by atoms with van der Waals surface area (Å²) in [6, 6.07) is 22.4. The summed E-state index contributed by atoms with van der Waals surface area (Å²) in [7, 11) is -0.614. The predicted octanol–water partition coefficient (Wildman–Crippen LogP) is 13.1. The molecule has 1 heteroatoms. The Morgan fingerprint density at radius 2 is 0.609 bits per heavy atom. The minimum atomic E-state index is -0.614. The van der Waals surface area contributed by atoms with Crippen molar-refractivity contribution < 1.29 is 0 Å². The lowest BCUT2D eigenvalue weighted by Gasteiger charge is -2.26. The summed E-state index contributed by atoms with van der Waals surface area (Å²) in [5.41, 5.74) is 8.97. The van der Waals surface area contributed by atoms with Gasteiger partial charge in [0, 0.05) is 0 Å². The molecule has 3 aromatic rings. The van der Waals surface area contributed by atoms with E-state index in [2.05, 4.69) is 96.1 Å². The van der Waals surface area contributed by atoms with E-state index in [0.29, 0.717) is 0 Å². The van der Waals surface area contributed by atoms with Crippen LogP contribution in [0.2, 0.25) is 0 Å². The van der Waals surface area contributed by atoms with E-state index < -0.39 is 7.92 Å². The number of rotatable bonds is 24. The summed E-state index contributed by atoms with van der Waals surface area (Å²) in [5, 5.41) is 4.63. The van der Waals surface area contributed by atoms with Gasteiger partial charge in [-0.25, -0.2) is 0 Å². The van der Waals surface area contributed by atoms with E-state index in [1.807, 2.05) is 0 Å². The van der Waals surface area contributed by atoms with Gasteiger partial charge in [-0.2, -0.15) is 0 Å². The number of unbranched alkanes of at least 4 members (excludes halogenated alkanes) is 15. The fourth-order valence-electron chi connectivity index (χ4n) is 7.09. The fraction of sp³-hybridized carbons (Fsp3) is 0.600. The first-order chi connectivity index (χ1) is 22.5. The maximum Gasteiger partial charge on any atom is -0.0122 e. The molecule has 0 saturated carbocycles. The molecule has 0 fully saturated rings. The summed E-state index contributed by atoms with van der Waals surface area (Å²) < 4.78 is 0. The van der Waals surface area contributed by atoms with Crippen molar-refractivity contribution in [2.24, 2.45) is 0 Å². The zero-order chi connectivity index (χ0) is 33.0. The highest BCUT2D eigenvalue weighted by Gasteiger charge is 2.22. The number of aryl methyl sites for hydroxylation is 6. The van der Waals surface area contributed by atoms with Gasteiger partial charge in [-0.3, -0.25) is 0 Å². The van der Waals surface area contributed by atoms with Crippen LogP contribution < -0.4 is 15.9 Å². The van der Waals surface area contributed by atoms with E-state index in [1.54, 1.807) is 15.9 Å². The third-order valence-electron chi connectivity index (χ3n) is 9.96. The largest absolute Gasteiger partial charge is 0.0654 e. The van der Waals surface area contributed by atoms with Gasteiger partial charge in [0.2, 0.25) is 0 Å². The lowest BCUT2D eigenvalue weighted by molar-refractivity contribution is 0.607.